The summed E-state index contributed by atoms with van der Waals surface area (Å²) in [6.45, 7) is 2.04. The van der Waals surface area contributed by atoms with Gasteiger partial charge < -0.3 is 14.3 Å². The molecule has 0 unspecified atom stereocenters. The number of aryl methyl sites for hydroxylation is 1. The average Bonchev–Trinajstić information content (AvgIpc) is 2.54. The van der Waals surface area contributed by atoms with Gasteiger partial charge in [0.15, 0.2) is 0 Å². The molecule has 0 aliphatic heterocycles. The van der Waals surface area contributed by atoms with Gasteiger partial charge in [0.05, 0.1) is 17.4 Å². The van der Waals surface area contributed by atoms with Crippen LogP contribution < -0.4 is 5.43 Å². The smallest absolute Gasteiger partial charge is 0.306 e. The van der Waals surface area contributed by atoms with E-state index in [2.05, 4.69) is 0 Å². The van der Waals surface area contributed by atoms with Crippen molar-refractivity contribution in [2.45, 2.75) is 19.8 Å². The highest BCUT2D eigenvalue weighted by atomic mass is 16.5. The Morgan fingerprint density at radius 2 is 1.96 bits per heavy atom. The molecule has 3 aromatic rings. The summed E-state index contributed by atoms with van der Waals surface area (Å²) in [5.41, 5.74) is 1.06. The maximum Gasteiger partial charge on any atom is 0.306 e. The second-order valence-corrected chi connectivity index (χ2v) is 5.17. The number of aromatic hydroxyl groups is 1. The van der Waals surface area contributed by atoms with Gasteiger partial charge in [-0.3, -0.25) is 9.59 Å². The minimum atomic E-state index is -0.355. The molecule has 0 bridgehead atoms. The highest BCUT2D eigenvalue weighted by Crippen LogP contribution is 2.29. The number of phenolic OH excluding ortho intramolecular Hbond substituents is 1. The Labute approximate surface area is 132 Å². The van der Waals surface area contributed by atoms with Crippen LogP contribution in [0.4, 0.5) is 0 Å². The number of hydrogen-bond donors (Lipinski definition) is 1. The number of carbonyl (C=O) groups is 1. The molecule has 0 aliphatic carbocycles. The van der Waals surface area contributed by atoms with Crippen molar-refractivity contribution < 1.29 is 19.1 Å². The number of rotatable bonds is 4. The topological polar surface area (TPSA) is 76.7 Å². The van der Waals surface area contributed by atoms with Crippen LogP contribution in [0, 0.1) is 0 Å². The van der Waals surface area contributed by atoms with Gasteiger partial charge in [0.25, 0.3) is 0 Å². The highest BCUT2D eigenvalue weighted by molar-refractivity contribution is 5.92. The van der Waals surface area contributed by atoms with Crippen LogP contribution in [0.15, 0.2) is 45.6 Å². The number of para-hydroxylation sites is 1. The molecule has 5 heteroatoms. The fraction of sp³-hybridized carbons (Fsp3) is 0.222. The minimum Gasteiger partial charge on any atom is -0.508 e. The van der Waals surface area contributed by atoms with Crippen LogP contribution in [0.2, 0.25) is 0 Å². The lowest BCUT2D eigenvalue weighted by Crippen LogP contribution is -2.07. The molecule has 0 saturated heterocycles. The van der Waals surface area contributed by atoms with Gasteiger partial charge in [-0.2, -0.15) is 0 Å². The van der Waals surface area contributed by atoms with Crippen LogP contribution in [0.1, 0.15) is 18.9 Å². The second-order valence-electron chi connectivity index (χ2n) is 5.17. The molecule has 0 radical (unpaired) electrons. The van der Waals surface area contributed by atoms with Gasteiger partial charge in [-0.05, 0) is 37.6 Å². The molecule has 1 heterocycles. The number of fused-ring (bicyclic) bond motifs is 2. The number of hydrogen-bond acceptors (Lipinski definition) is 5. The van der Waals surface area contributed by atoms with Gasteiger partial charge in [-0.1, -0.05) is 12.1 Å². The number of benzene rings is 2. The molecular weight excluding hydrogens is 296 g/mol. The van der Waals surface area contributed by atoms with Crippen molar-refractivity contribution in [1.29, 1.82) is 0 Å². The summed E-state index contributed by atoms with van der Waals surface area (Å²) >= 11 is 0. The van der Waals surface area contributed by atoms with Crippen molar-refractivity contribution >= 4 is 27.9 Å². The third kappa shape index (κ3) is 2.77. The predicted octanol–water partition coefficient (Wildman–Crippen LogP) is 3.15. The summed E-state index contributed by atoms with van der Waals surface area (Å²) < 4.78 is 10.7. The van der Waals surface area contributed by atoms with Crippen LogP contribution in [0.3, 0.4) is 0 Å². The lowest BCUT2D eigenvalue weighted by molar-refractivity contribution is -0.143. The standard InChI is InChI=1S/C18H16O5/c1-2-22-16(20)10-8-11-14(19)9-7-13-17(21)12-5-3-4-6-15(12)23-18(11)13/h3-7,9,19H,2,8,10H2,1H3. The molecule has 5 nitrogen and oxygen atoms in total. The summed E-state index contributed by atoms with van der Waals surface area (Å²) in [6, 6.07) is 9.94. The number of carbonyl (C=O) groups excluding carboxylic acids is 1. The Morgan fingerprint density at radius 3 is 2.74 bits per heavy atom. The van der Waals surface area contributed by atoms with Gasteiger partial charge >= 0.3 is 5.97 Å². The molecule has 118 valence electrons. The molecule has 1 N–H and O–H groups in total. The zero-order chi connectivity index (χ0) is 16.4. The molecule has 0 saturated carbocycles. The van der Waals surface area contributed by atoms with Crippen molar-refractivity contribution in [3.63, 3.8) is 0 Å². The third-order valence-corrected chi connectivity index (χ3v) is 3.71. The summed E-state index contributed by atoms with van der Waals surface area (Å²) in [5, 5.41) is 11.0. The first kappa shape index (κ1) is 15.1. The van der Waals surface area contributed by atoms with E-state index in [1.165, 1.54) is 12.1 Å². The summed E-state index contributed by atoms with van der Waals surface area (Å²) in [6.07, 6.45) is 0.348. The van der Waals surface area contributed by atoms with Crippen molar-refractivity contribution in [3.8, 4) is 5.75 Å². The summed E-state index contributed by atoms with van der Waals surface area (Å²) in [5.74, 6) is -0.354. The quantitative estimate of drug-likeness (QED) is 0.591. The first-order chi connectivity index (χ1) is 11.1. The summed E-state index contributed by atoms with van der Waals surface area (Å²) in [7, 11) is 0. The van der Waals surface area contributed by atoms with Gasteiger partial charge in [0, 0.05) is 12.0 Å². The Balaban J connectivity index is 2.15. The SMILES string of the molecule is CCOC(=O)CCc1c(O)ccc2c(=O)c3ccccc3oc12. The Hall–Kier alpha value is -2.82. The minimum absolute atomic E-state index is 0.000213. The molecule has 23 heavy (non-hydrogen) atoms. The van der Waals surface area contributed by atoms with E-state index in [4.69, 9.17) is 9.15 Å². The fourth-order valence-corrected chi connectivity index (χ4v) is 2.61. The number of esters is 1. The molecule has 0 spiro atoms. The van der Waals surface area contributed by atoms with E-state index in [9.17, 15) is 14.7 Å². The van der Waals surface area contributed by atoms with E-state index in [0.29, 0.717) is 34.1 Å². The van der Waals surface area contributed by atoms with Crippen molar-refractivity contribution in [2.24, 2.45) is 0 Å². The van der Waals surface area contributed by atoms with Crippen molar-refractivity contribution in [1.82, 2.24) is 0 Å². The van der Waals surface area contributed by atoms with E-state index in [0.717, 1.165) is 0 Å². The van der Waals surface area contributed by atoms with E-state index in [1.54, 1.807) is 31.2 Å². The predicted molar refractivity (Wildman–Crippen MR) is 86.6 cm³/mol. The normalized spacial score (nSPS) is 11.0. The maximum absolute atomic E-state index is 12.6. The van der Waals surface area contributed by atoms with Crippen molar-refractivity contribution in [3.05, 3.63) is 52.2 Å². The van der Waals surface area contributed by atoms with E-state index in [1.807, 2.05) is 0 Å². The second kappa shape index (κ2) is 6.12. The molecular formula is C18H16O5. The third-order valence-electron chi connectivity index (χ3n) is 3.71. The van der Waals surface area contributed by atoms with Crippen LogP contribution >= 0.6 is 0 Å². The van der Waals surface area contributed by atoms with Crippen LogP contribution in [0.5, 0.6) is 5.75 Å². The average molecular weight is 312 g/mol. The van der Waals surface area contributed by atoms with Gasteiger partial charge in [-0.25, -0.2) is 0 Å². The molecule has 2 aromatic carbocycles. The highest BCUT2D eigenvalue weighted by Gasteiger charge is 2.15. The first-order valence-electron chi connectivity index (χ1n) is 7.44. The molecule has 0 fully saturated rings. The molecule has 0 aliphatic rings. The number of ether oxygens (including phenoxy) is 1. The van der Waals surface area contributed by atoms with Crippen molar-refractivity contribution in [2.75, 3.05) is 6.61 Å². The fourth-order valence-electron chi connectivity index (χ4n) is 2.61. The van der Waals surface area contributed by atoms with E-state index < -0.39 is 0 Å². The maximum atomic E-state index is 12.6. The lowest BCUT2D eigenvalue weighted by atomic mass is 10.0. The number of phenols is 1. The van der Waals surface area contributed by atoms with Crippen LogP contribution in [0.25, 0.3) is 21.9 Å². The first-order valence-corrected chi connectivity index (χ1v) is 7.44. The Kier molecular flexibility index (Phi) is 4.02. The van der Waals surface area contributed by atoms with Gasteiger partial charge in [0.2, 0.25) is 5.43 Å². The van der Waals surface area contributed by atoms with Crippen LogP contribution in [-0.2, 0) is 16.0 Å². The molecule has 0 atom stereocenters. The molecule has 0 amide bonds. The van der Waals surface area contributed by atoms with Crippen LogP contribution in [-0.4, -0.2) is 17.7 Å². The largest absolute Gasteiger partial charge is 0.508 e. The Morgan fingerprint density at radius 1 is 1.17 bits per heavy atom. The van der Waals surface area contributed by atoms with E-state index >= 15 is 0 Å². The monoisotopic (exact) mass is 312 g/mol. The zero-order valence-electron chi connectivity index (χ0n) is 12.7. The Bertz CT molecular complexity index is 939. The summed E-state index contributed by atoms with van der Waals surface area (Å²) in [4.78, 5) is 24.1. The van der Waals surface area contributed by atoms with Gasteiger partial charge in [0.1, 0.15) is 16.9 Å². The van der Waals surface area contributed by atoms with E-state index in [-0.39, 0.29) is 30.0 Å². The lowest BCUT2D eigenvalue weighted by Gasteiger charge is -2.09. The zero-order valence-corrected chi connectivity index (χ0v) is 12.7. The molecule has 1 aromatic heterocycles. The van der Waals surface area contributed by atoms with Gasteiger partial charge in [-0.15, -0.1) is 0 Å². The molecule has 3 rings (SSSR count).